The fourth-order valence-corrected chi connectivity index (χ4v) is 3.21. The largest absolute Gasteiger partial charge is 0.493 e. The Kier molecular flexibility index (Phi) is 8.70. The van der Waals surface area contributed by atoms with E-state index in [-0.39, 0.29) is 18.2 Å². The summed E-state index contributed by atoms with van der Waals surface area (Å²) in [4.78, 5) is 4.09. The summed E-state index contributed by atoms with van der Waals surface area (Å²) in [5, 5.41) is 3.35. The highest BCUT2D eigenvalue weighted by Crippen LogP contribution is 2.37. The number of halogens is 3. The van der Waals surface area contributed by atoms with Gasteiger partial charge in [0.2, 0.25) is 0 Å². The van der Waals surface area contributed by atoms with Crippen LogP contribution in [0.5, 0.6) is 11.5 Å². The molecule has 0 amide bonds. The van der Waals surface area contributed by atoms with Crippen molar-refractivity contribution in [3.05, 3.63) is 87.9 Å². The molecule has 4 nitrogen and oxygen atoms in total. The van der Waals surface area contributed by atoms with Crippen LogP contribution in [0.1, 0.15) is 16.7 Å². The molecular formula is C21H21BrClFN2O2. The minimum atomic E-state index is -0.228. The fraction of sp³-hybridized carbons (Fsp3) is 0.190. The van der Waals surface area contributed by atoms with Crippen LogP contribution in [0.15, 0.2) is 65.4 Å². The van der Waals surface area contributed by atoms with Gasteiger partial charge < -0.3 is 14.8 Å². The van der Waals surface area contributed by atoms with Crippen molar-refractivity contribution in [1.29, 1.82) is 0 Å². The molecule has 3 rings (SSSR count). The van der Waals surface area contributed by atoms with Crippen molar-refractivity contribution in [2.75, 3.05) is 7.11 Å². The smallest absolute Gasteiger partial charge is 0.175 e. The van der Waals surface area contributed by atoms with E-state index < -0.39 is 0 Å². The van der Waals surface area contributed by atoms with E-state index in [1.807, 2.05) is 24.3 Å². The number of aromatic nitrogens is 1. The molecule has 0 saturated heterocycles. The lowest BCUT2D eigenvalue weighted by Crippen LogP contribution is -2.13. The lowest BCUT2D eigenvalue weighted by atomic mass is 10.2. The summed E-state index contributed by atoms with van der Waals surface area (Å²) in [6.07, 6.45) is 3.50. The van der Waals surface area contributed by atoms with Crippen LogP contribution in [0.2, 0.25) is 0 Å². The molecule has 0 aliphatic carbocycles. The second-order valence-corrected chi connectivity index (χ2v) is 6.84. The molecule has 0 aliphatic heterocycles. The quantitative estimate of drug-likeness (QED) is 0.489. The first-order chi connectivity index (χ1) is 13.2. The summed E-state index contributed by atoms with van der Waals surface area (Å²) in [6, 6.07) is 14.3. The summed E-state index contributed by atoms with van der Waals surface area (Å²) in [7, 11) is 1.62. The molecule has 0 bridgehead atoms. The van der Waals surface area contributed by atoms with Crippen LogP contribution in [0, 0.1) is 5.82 Å². The number of methoxy groups -OCH3 is 1. The molecular weight excluding hydrogens is 447 g/mol. The SMILES string of the molecule is COc1cc(CNCc2ccc(F)cc2)cc(Br)c1OCc1cccnc1.Cl. The molecule has 3 aromatic rings. The van der Waals surface area contributed by atoms with Crippen molar-refractivity contribution >= 4 is 28.3 Å². The molecule has 1 N–H and O–H groups in total. The van der Waals surface area contributed by atoms with Crippen LogP contribution < -0.4 is 14.8 Å². The van der Waals surface area contributed by atoms with Gasteiger partial charge in [0.05, 0.1) is 11.6 Å². The van der Waals surface area contributed by atoms with Gasteiger partial charge in [-0.25, -0.2) is 4.39 Å². The molecule has 0 saturated carbocycles. The van der Waals surface area contributed by atoms with Gasteiger partial charge in [0.15, 0.2) is 11.5 Å². The molecule has 0 radical (unpaired) electrons. The van der Waals surface area contributed by atoms with Crippen LogP contribution in [0.4, 0.5) is 4.39 Å². The predicted octanol–water partition coefficient (Wildman–Crippen LogP) is 5.28. The highest BCUT2D eigenvalue weighted by Gasteiger charge is 2.12. The van der Waals surface area contributed by atoms with Gasteiger partial charge in [-0.2, -0.15) is 0 Å². The van der Waals surface area contributed by atoms with Crippen LogP contribution in [-0.2, 0) is 19.7 Å². The van der Waals surface area contributed by atoms with Gasteiger partial charge in [-0.1, -0.05) is 18.2 Å². The zero-order valence-electron chi connectivity index (χ0n) is 15.3. The van der Waals surface area contributed by atoms with Gasteiger partial charge in [0, 0.05) is 31.0 Å². The standard InChI is InChI=1S/C21H20BrFN2O2.ClH/c1-26-20-10-17(13-25-11-15-4-6-18(23)7-5-15)9-19(22)21(20)27-14-16-3-2-8-24-12-16;/h2-10,12,25H,11,13-14H2,1H3;1H. The molecule has 28 heavy (non-hydrogen) atoms. The third kappa shape index (κ3) is 6.19. The number of nitrogens with zero attached hydrogens (tertiary/aromatic N) is 1. The molecule has 0 spiro atoms. The number of benzene rings is 2. The van der Waals surface area contributed by atoms with E-state index in [2.05, 4.69) is 26.2 Å². The number of pyridine rings is 1. The van der Waals surface area contributed by atoms with Crippen molar-refractivity contribution in [1.82, 2.24) is 10.3 Å². The van der Waals surface area contributed by atoms with Crippen molar-refractivity contribution < 1.29 is 13.9 Å². The van der Waals surface area contributed by atoms with Gasteiger partial charge in [-0.05, 0) is 57.4 Å². The first-order valence-electron chi connectivity index (χ1n) is 8.49. The molecule has 1 aromatic heterocycles. The van der Waals surface area contributed by atoms with E-state index in [1.165, 1.54) is 12.1 Å². The van der Waals surface area contributed by atoms with E-state index in [4.69, 9.17) is 9.47 Å². The van der Waals surface area contributed by atoms with Crippen LogP contribution in [-0.4, -0.2) is 12.1 Å². The maximum atomic E-state index is 13.0. The maximum absolute atomic E-state index is 13.0. The summed E-state index contributed by atoms with van der Waals surface area (Å²) < 4.78 is 25.2. The van der Waals surface area contributed by atoms with Crippen LogP contribution in [0.25, 0.3) is 0 Å². The lowest BCUT2D eigenvalue weighted by molar-refractivity contribution is 0.282. The Balaban J connectivity index is 0.00000280. The fourth-order valence-electron chi connectivity index (χ4n) is 2.61. The Morgan fingerprint density at radius 1 is 1.04 bits per heavy atom. The molecule has 148 valence electrons. The number of ether oxygens (including phenoxy) is 2. The summed E-state index contributed by atoms with van der Waals surface area (Å²) in [6.45, 7) is 1.71. The topological polar surface area (TPSA) is 43.4 Å². The number of nitrogens with one attached hydrogen (secondary N) is 1. The lowest BCUT2D eigenvalue weighted by Gasteiger charge is -2.15. The first kappa shape index (κ1) is 22.1. The molecule has 2 aromatic carbocycles. The number of rotatable bonds is 8. The monoisotopic (exact) mass is 466 g/mol. The average molecular weight is 468 g/mol. The third-order valence-corrected chi connectivity index (χ3v) is 4.56. The zero-order chi connectivity index (χ0) is 19.1. The molecule has 0 fully saturated rings. The summed E-state index contributed by atoms with van der Waals surface area (Å²) >= 11 is 3.57. The maximum Gasteiger partial charge on any atom is 0.175 e. The molecule has 0 atom stereocenters. The van der Waals surface area contributed by atoms with Crippen LogP contribution >= 0.6 is 28.3 Å². The van der Waals surface area contributed by atoms with Gasteiger partial charge >= 0.3 is 0 Å². The van der Waals surface area contributed by atoms with Gasteiger partial charge in [-0.3, -0.25) is 4.98 Å². The minimum absolute atomic E-state index is 0. The van der Waals surface area contributed by atoms with Gasteiger partial charge in [0.25, 0.3) is 0 Å². The highest BCUT2D eigenvalue weighted by molar-refractivity contribution is 9.10. The first-order valence-corrected chi connectivity index (χ1v) is 9.28. The third-order valence-electron chi connectivity index (χ3n) is 3.97. The second-order valence-electron chi connectivity index (χ2n) is 5.99. The Bertz CT molecular complexity index is 880. The van der Waals surface area contributed by atoms with E-state index >= 15 is 0 Å². The second kappa shape index (κ2) is 11.0. The van der Waals surface area contributed by atoms with E-state index in [9.17, 15) is 4.39 Å². The van der Waals surface area contributed by atoms with Gasteiger partial charge in [0.1, 0.15) is 12.4 Å². The Hall–Kier alpha value is -2.15. The summed E-state index contributed by atoms with van der Waals surface area (Å²) in [5.74, 6) is 1.09. The Morgan fingerprint density at radius 3 is 2.46 bits per heavy atom. The Morgan fingerprint density at radius 2 is 1.79 bits per heavy atom. The van der Waals surface area contributed by atoms with E-state index in [0.29, 0.717) is 31.2 Å². The van der Waals surface area contributed by atoms with Crippen molar-refractivity contribution in [3.8, 4) is 11.5 Å². The Labute approximate surface area is 178 Å². The molecule has 7 heteroatoms. The normalized spacial score (nSPS) is 10.2. The van der Waals surface area contributed by atoms with Crippen LogP contribution in [0.3, 0.4) is 0 Å². The van der Waals surface area contributed by atoms with E-state index in [1.54, 1.807) is 31.6 Å². The predicted molar refractivity (Wildman–Crippen MR) is 113 cm³/mol. The van der Waals surface area contributed by atoms with E-state index in [0.717, 1.165) is 21.2 Å². The summed E-state index contributed by atoms with van der Waals surface area (Å²) in [5.41, 5.74) is 3.06. The highest BCUT2D eigenvalue weighted by atomic mass is 79.9. The van der Waals surface area contributed by atoms with Crippen molar-refractivity contribution in [2.24, 2.45) is 0 Å². The molecule has 0 aliphatic rings. The zero-order valence-corrected chi connectivity index (χ0v) is 17.7. The minimum Gasteiger partial charge on any atom is -0.493 e. The molecule has 0 unspecified atom stereocenters. The van der Waals surface area contributed by atoms with Gasteiger partial charge in [-0.15, -0.1) is 12.4 Å². The molecule has 1 heterocycles. The van der Waals surface area contributed by atoms with Crippen molar-refractivity contribution in [2.45, 2.75) is 19.7 Å². The van der Waals surface area contributed by atoms with Crippen molar-refractivity contribution in [3.63, 3.8) is 0 Å². The number of hydrogen-bond donors (Lipinski definition) is 1. The number of hydrogen-bond acceptors (Lipinski definition) is 4. The average Bonchev–Trinajstić information content (AvgIpc) is 2.69.